The summed E-state index contributed by atoms with van der Waals surface area (Å²) in [5.41, 5.74) is 1.03. The molecule has 1 aromatic carbocycles. The Balaban J connectivity index is 1.71. The van der Waals surface area contributed by atoms with Gasteiger partial charge in [-0.3, -0.25) is 9.59 Å². The SMILES string of the molecule is CC(c1ccccc1)N1CC(C(=O)N2CCCC[C@@H]2C(=O)O)CC1=O. The van der Waals surface area contributed by atoms with Gasteiger partial charge in [0.25, 0.3) is 0 Å². The second kappa shape index (κ2) is 7.25. The van der Waals surface area contributed by atoms with E-state index in [4.69, 9.17) is 0 Å². The standard InChI is InChI=1S/C19H24N2O4/c1-13(14-7-3-2-4-8-14)21-12-15(11-17(21)22)18(23)20-10-6-5-9-16(20)19(24)25/h2-4,7-8,13,15-16H,5-6,9-12H2,1H3,(H,24,25)/t13?,15?,16-/m1/s1. The van der Waals surface area contributed by atoms with Crippen LogP contribution in [0.1, 0.15) is 44.2 Å². The molecule has 1 aromatic rings. The first-order valence-corrected chi connectivity index (χ1v) is 8.86. The van der Waals surface area contributed by atoms with Crippen molar-refractivity contribution in [1.29, 1.82) is 0 Å². The first-order valence-electron chi connectivity index (χ1n) is 8.86. The number of amides is 2. The van der Waals surface area contributed by atoms with E-state index in [-0.39, 0.29) is 24.3 Å². The van der Waals surface area contributed by atoms with E-state index in [1.165, 1.54) is 4.90 Å². The van der Waals surface area contributed by atoms with Gasteiger partial charge in [-0.05, 0) is 31.7 Å². The number of hydrogen-bond donors (Lipinski definition) is 1. The lowest BCUT2D eigenvalue weighted by Gasteiger charge is -2.34. The predicted octanol–water partition coefficient (Wildman–Crippen LogP) is 2.06. The van der Waals surface area contributed by atoms with Crippen molar-refractivity contribution >= 4 is 17.8 Å². The lowest BCUT2D eigenvalue weighted by molar-refractivity contribution is -0.153. The van der Waals surface area contributed by atoms with E-state index >= 15 is 0 Å². The van der Waals surface area contributed by atoms with Crippen LogP contribution in [0.3, 0.4) is 0 Å². The van der Waals surface area contributed by atoms with Gasteiger partial charge < -0.3 is 14.9 Å². The number of hydrogen-bond acceptors (Lipinski definition) is 3. The van der Waals surface area contributed by atoms with Crippen molar-refractivity contribution in [1.82, 2.24) is 9.80 Å². The molecule has 2 heterocycles. The minimum absolute atomic E-state index is 0.0430. The fourth-order valence-corrected chi connectivity index (χ4v) is 3.87. The molecule has 6 heteroatoms. The van der Waals surface area contributed by atoms with Crippen molar-refractivity contribution in [3.05, 3.63) is 35.9 Å². The molecule has 1 N–H and O–H groups in total. The van der Waals surface area contributed by atoms with Crippen molar-refractivity contribution in [2.24, 2.45) is 5.92 Å². The number of carboxylic acids is 1. The molecule has 3 rings (SSSR count). The fourth-order valence-electron chi connectivity index (χ4n) is 3.87. The molecular formula is C19H24N2O4. The molecule has 0 radical (unpaired) electrons. The maximum absolute atomic E-state index is 12.8. The molecule has 2 amide bonds. The molecular weight excluding hydrogens is 320 g/mol. The maximum atomic E-state index is 12.8. The Kier molecular flexibility index (Phi) is 5.06. The summed E-state index contributed by atoms with van der Waals surface area (Å²) in [7, 11) is 0. The number of rotatable bonds is 4. The first-order chi connectivity index (χ1) is 12.0. The third kappa shape index (κ3) is 3.52. The summed E-state index contributed by atoms with van der Waals surface area (Å²) in [4.78, 5) is 39.9. The zero-order valence-corrected chi connectivity index (χ0v) is 14.4. The number of piperidine rings is 1. The van der Waals surface area contributed by atoms with Gasteiger partial charge in [0, 0.05) is 19.5 Å². The van der Waals surface area contributed by atoms with Crippen LogP contribution in [0.5, 0.6) is 0 Å². The number of carboxylic acid groups (broad SMARTS) is 1. The zero-order chi connectivity index (χ0) is 18.0. The molecule has 0 aliphatic carbocycles. The Morgan fingerprint density at radius 1 is 1.20 bits per heavy atom. The summed E-state index contributed by atoms with van der Waals surface area (Å²) >= 11 is 0. The monoisotopic (exact) mass is 344 g/mol. The van der Waals surface area contributed by atoms with E-state index in [9.17, 15) is 19.5 Å². The van der Waals surface area contributed by atoms with E-state index in [1.54, 1.807) is 4.90 Å². The minimum Gasteiger partial charge on any atom is -0.480 e. The predicted molar refractivity (Wildman–Crippen MR) is 91.7 cm³/mol. The van der Waals surface area contributed by atoms with Gasteiger partial charge >= 0.3 is 5.97 Å². The van der Waals surface area contributed by atoms with Crippen molar-refractivity contribution in [2.45, 2.75) is 44.7 Å². The van der Waals surface area contributed by atoms with Crippen LogP contribution >= 0.6 is 0 Å². The molecule has 2 aliphatic heterocycles. The highest BCUT2D eigenvalue weighted by molar-refractivity contribution is 5.91. The van der Waals surface area contributed by atoms with Crippen LogP contribution in [0.15, 0.2) is 30.3 Å². The summed E-state index contributed by atoms with van der Waals surface area (Å²) in [5.74, 6) is -1.63. The van der Waals surface area contributed by atoms with Crippen molar-refractivity contribution in [3.63, 3.8) is 0 Å². The molecule has 2 fully saturated rings. The Hall–Kier alpha value is -2.37. The molecule has 6 nitrogen and oxygen atoms in total. The van der Waals surface area contributed by atoms with Crippen LogP contribution in [-0.4, -0.2) is 51.8 Å². The van der Waals surface area contributed by atoms with Crippen LogP contribution in [0.4, 0.5) is 0 Å². The van der Waals surface area contributed by atoms with Gasteiger partial charge in [0.1, 0.15) is 6.04 Å². The number of carbonyl (C=O) groups is 3. The smallest absolute Gasteiger partial charge is 0.326 e. The van der Waals surface area contributed by atoms with Crippen molar-refractivity contribution in [3.8, 4) is 0 Å². The molecule has 2 aliphatic rings. The molecule has 25 heavy (non-hydrogen) atoms. The average molecular weight is 344 g/mol. The Bertz CT molecular complexity index is 661. The molecule has 0 aromatic heterocycles. The summed E-state index contributed by atoms with van der Waals surface area (Å²) in [6.45, 7) is 2.78. The highest BCUT2D eigenvalue weighted by atomic mass is 16.4. The highest BCUT2D eigenvalue weighted by Crippen LogP contribution is 2.30. The number of benzene rings is 1. The largest absolute Gasteiger partial charge is 0.480 e. The first kappa shape index (κ1) is 17.5. The van der Waals surface area contributed by atoms with E-state index in [0.717, 1.165) is 18.4 Å². The van der Waals surface area contributed by atoms with Gasteiger partial charge in [-0.25, -0.2) is 4.79 Å². The quantitative estimate of drug-likeness (QED) is 0.907. The molecule has 0 bridgehead atoms. The number of nitrogens with zero attached hydrogens (tertiary/aromatic N) is 2. The van der Waals surface area contributed by atoms with Gasteiger partial charge in [-0.15, -0.1) is 0 Å². The summed E-state index contributed by atoms with van der Waals surface area (Å²) in [6, 6.07) is 8.88. The van der Waals surface area contributed by atoms with Crippen molar-refractivity contribution in [2.75, 3.05) is 13.1 Å². The van der Waals surface area contributed by atoms with Gasteiger partial charge in [0.05, 0.1) is 12.0 Å². The van der Waals surface area contributed by atoms with Gasteiger partial charge in [-0.2, -0.15) is 0 Å². The number of aliphatic carboxylic acids is 1. The van der Waals surface area contributed by atoms with Crippen LogP contribution in [0.25, 0.3) is 0 Å². The zero-order valence-electron chi connectivity index (χ0n) is 14.4. The average Bonchev–Trinajstić information content (AvgIpc) is 3.03. The third-order valence-corrected chi connectivity index (χ3v) is 5.33. The summed E-state index contributed by atoms with van der Waals surface area (Å²) < 4.78 is 0. The van der Waals surface area contributed by atoms with Crippen molar-refractivity contribution < 1.29 is 19.5 Å². The molecule has 2 unspecified atom stereocenters. The second-order valence-corrected chi connectivity index (χ2v) is 6.92. The maximum Gasteiger partial charge on any atom is 0.326 e. The number of likely N-dealkylation sites (tertiary alicyclic amines) is 2. The minimum atomic E-state index is -0.952. The van der Waals surface area contributed by atoms with Crippen LogP contribution in [-0.2, 0) is 14.4 Å². The number of carbonyl (C=O) groups excluding carboxylic acids is 2. The molecule has 3 atom stereocenters. The highest BCUT2D eigenvalue weighted by Gasteiger charge is 2.42. The Morgan fingerprint density at radius 3 is 2.60 bits per heavy atom. The Morgan fingerprint density at radius 2 is 1.92 bits per heavy atom. The normalized spacial score (nSPS) is 25.1. The fraction of sp³-hybridized carbons (Fsp3) is 0.526. The molecule has 0 spiro atoms. The van der Waals surface area contributed by atoms with E-state index < -0.39 is 17.9 Å². The lowest BCUT2D eigenvalue weighted by atomic mass is 9.98. The van der Waals surface area contributed by atoms with Crippen LogP contribution in [0.2, 0.25) is 0 Å². The topological polar surface area (TPSA) is 77.9 Å². The van der Waals surface area contributed by atoms with Gasteiger partial charge in [0.2, 0.25) is 11.8 Å². The summed E-state index contributed by atoms with van der Waals surface area (Å²) in [5, 5.41) is 9.37. The molecule has 2 saturated heterocycles. The van der Waals surface area contributed by atoms with Crippen LogP contribution in [0, 0.1) is 5.92 Å². The third-order valence-electron chi connectivity index (χ3n) is 5.33. The van der Waals surface area contributed by atoms with Gasteiger partial charge in [-0.1, -0.05) is 30.3 Å². The Labute approximate surface area is 147 Å². The lowest BCUT2D eigenvalue weighted by Crippen LogP contribution is -2.50. The van der Waals surface area contributed by atoms with E-state index in [0.29, 0.717) is 19.5 Å². The summed E-state index contributed by atoms with van der Waals surface area (Å²) in [6.07, 6.45) is 2.30. The molecule has 0 saturated carbocycles. The second-order valence-electron chi connectivity index (χ2n) is 6.92. The van der Waals surface area contributed by atoms with Gasteiger partial charge in [0.15, 0.2) is 0 Å². The van der Waals surface area contributed by atoms with E-state index in [1.807, 2.05) is 37.3 Å². The van der Waals surface area contributed by atoms with E-state index in [2.05, 4.69) is 0 Å². The van der Waals surface area contributed by atoms with Crippen LogP contribution < -0.4 is 0 Å². The molecule has 134 valence electrons.